The molecule has 0 amide bonds. The number of nitrogens with zero attached hydrogens (tertiary/aromatic N) is 3. The lowest BCUT2D eigenvalue weighted by Crippen LogP contribution is -2.29. The summed E-state index contributed by atoms with van der Waals surface area (Å²) in [6.07, 6.45) is 3.79. The van der Waals surface area contributed by atoms with Crippen molar-refractivity contribution in [3.8, 4) is 11.1 Å². The average Bonchev–Trinajstić information content (AvgIpc) is 3.57. The molecule has 2 heterocycles. The smallest absolute Gasteiger partial charge is 0.338 e. The highest BCUT2D eigenvalue weighted by Crippen LogP contribution is 2.40. The number of imidazole rings is 1. The maximum absolute atomic E-state index is 12.6. The van der Waals surface area contributed by atoms with Crippen LogP contribution in [0.4, 0.5) is 0 Å². The van der Waals surface area contributed by atoms with Crippen molar-refractivity contribution in [3.63, 3.8) is 0 Å². The Morgan fingerprint density at radius 1 is 1.16 bits per heavy atom. The van der Waals surface area contributed by atoms with Crippen LogP contribution in [0.5, 0.6) is 0 Å². The summed E-state index contributed by atoms with van der Waals surface area (Å²) in [5.41, 5.74) is 5.79. The Morgan fingerprint density at radius 2 is 1.90 bits per heavy atom. The number of fused-ring (bicyclic) bond motifs is 1. The number of carbonyl (C=O) groups excluding carboxylic acids is 1. The Hall–Kier alpha value is -3.67. The van der Waals surface area contributed by atoms with Crippen molar-refractivity contribution in [1.82, 2.24) is 9.55 Å². The topological polar surface area (TPSA) is 71.1 Å². The number of carbonyl (C=O) groups is 1. The molecule has 1 fully saturated rings. The Kier molecular flexibility index (Phi) is 4.70. The highest BCUT2D eigenvalue weighted by Gasteiger charge is 2.34. The van der Waals surface area contributed by atoms with Crippen molar-refractivity contribution in [2.45, 2.75) is 32.2 Å². The normalized spacial score (nSPS) is 13.5. The molecule has 6 heteroatoms. The molecule has 0 atom stereocenters. The van der Waals surface area contributed by atoms with E-state index in [1.165, 1.54) is 7.11 Å². The van der Waals surface area contributed by atoms with Crippen LogP contribution in [0.1, 0.15) is 46.1 Å². The zero-order chi connectivity index (χ0) is 21.5. The van der Waals surface area contributed by atoms with E-state index in [0.717, 1.165) is 51.2 Å². The molecule has 1 aliphatic carbocycles. The Balaban J connectivity index is 1.52. The van der Waals surface area contributed by atoms with Gasteiger partial charge in [0, 0.05) is 5.92 Å². The molecular formula is C25H23N3O3. The summed E-state index contributed by atoms with van der Waals surface area (Å²) >= 11 is 0. The molecule has 6 nitrogen and oxygen atoms in total. The van der Waals surface area contributed by atoms with E-state index < -0.39 is 0 Å². The van der Waals surface area contributed by atoms with Gasteiger partial charge in [-0.2, -0.15) is 0 Å². The molecule has 2 aromatic heterocycles. The van der Waals surface area contributed by atoms with E-state index in [4.69, 9.17) is 9.72 Å². The first-order valence-corrected chi connectivity index (χ1v) is 10.4. The van der Waals surface area contributed by atoms with Crippen LogP contribution in [0.3, 0.4) is 0 Å². The number of esters is 1. The van der Waals surface area contributed by atoms with E-state index in [2.05, 4.69) is 4.57 Å². The number of pyridine rings is 1. The second-order valence-corrected chi connectivity index (χ2v) is 8.06. The number of hydrogen-bond acceptors (Lipinski definition) is 4. The second-order valence-electron chi connectivity index (χ2n) is 8.06. The average molecular weight is 413 g/mol. The largest absolute Gasteiger partial charge is 0.711 e. The molecule has 31 heavy (non-hydrogen) atoms. The van der Waals surface area contributed by atoms with E-state index in [0.29, 0.717) is 23.7 Å². The standard InChI is InChI=1S/C25H23N3O3/c1-16-13-14-28(30)24-22(16)26-23(19-11-12-19)27(24)15-17-7-9-18(10-8-17)20-5-3-4-6-21(20)25(29)31-2/h3-10,13-14,19H,11-12,15H2,1-2H3. The van der Waals surface area contributed by atoms with Crippen LogP contribution in [0, 0.1) is 12.1 Å². The lowest BCUT2D eigenvalue weighted by molar-refractivity contribution is -0.580. The van der Waals surface area contributed by atoms with Crippen molar-refractivity contribution < 1.29 is 14.3 Å². The van der Waals surface area contributed by atoms with Crippen LogP contribution >= 0.6 is 0 Å². The number of rotatable bonds is 5. The summed E-state index contributed by atoms with van der Waals surface area (Å²) in [6, 6.07) is 17.3. The third-order valence-corrected chi connectivity index (χ3v) is 5.89. The van der Waals surface area contributed by atoms with Gasteiger partial charge in [-0.05, 0) is 54.2 Å². The third-order valence-electron chi connectivity index (χ3n) is 5.89. The van der Waals surface area contributed by atoms with Gasteiger partial charge in [0.1, 0.15) is 6.54 Å². The number of methoxy groups -OCH3 is 1. The number of benzene rings is 2. The van der Waals surface area contributed by atoms with Gasteiger partial charge in [0.2, 0.25) is 0 Å². The van der Waals surface area contributed by atoms with Crippen molar-refractivity contribution in [2.75, 3.05) is 7.11 Å². The summed E-state index contributed by atoms with van der Waals surface area (Å²) in [4.78, 5) is 16.9. The molecular weight excluding hydrogens is 390 g/mol. The van der Waals surface area contributed by atoms with Gasteiger partial charge in [0.05, 0.1) is 18.9 Å². The summed E-state index contributed by atoms with van der Waals surface area (Å²) < 4.78 is 7.89. The molecule has 0 bridgehead atoms. The summed E-state index contributed by atoms with van der Waals surface area (Å²) in [5.74, 6) is 1.07. The van der Waals surface area contributed by atoms with Crippen LogP contribution in [0.2, 0.25) is 0 Å². The minimum Gasteiger partial charge on any atom is -0.711 e. The molecule has 156 valence electrons. The van der Waals surface area contributed by atoms with Gasteiger partial charge in [0.25, 0.3) is 0 Å². The first-order valence-electron chi connectivity index (χ1n) is 10.4. The quantitative estimate of drug-likeness (QED) is 0.277. The second kappa shape index (κ2) is 7.54. The van der Waals surface area contributed by atoms with Gasteiger partial charge < -0.3 is 9.94 Å². The van der Waals surface area contributed by atoms with Gasteiger partial charge >= 0.3 is 11.6 Å². The first kappa shape index (κ1) is 19.3. The fourth-order valence-corrected chi connectivity index (χ4v) is 4.08. The first-order chi connectivity index (χ1) is 15.1. The fraction of sp³-hybridized carbons (Fsp3) is 0.240. The molecule has 1 aliphatic rings. The van der Waals surface area contributed by atoms with Crippen LogP contribution in [0.25, 0.3) is 22.3 Å². The summed E-state index contributed by atoms with van der Waals surface area (Å²) in [5, 5.41) is 12.6. The van der Waals surface area contributed by atoms with Crippen LogP contribution < -0.4 is 4.73 Å². The zero-order valence-electron chi connectivity index (χ0n) is 17.5. The van der Waals surface area contributed by atoms with E-state index in [-0.39, 0.29) is 5.97 Å². The van der Waals surface area contributed by atoms with Crippen LogP contribution in [-0.4, -0.2) is 22.6 Å². The fourth-order valence-electron chi connectivity index (χ4n) is 4.08. The minimum absolute atomic E-state index is 0.353. The van der Waals surface area contributed by atoms with E-state index in [9.17, 15) is 10.0 Å². The van der Waals surface area contributed by atoms with Gasteiger partial charge in [0.15, 0.2) is 11.3 Å². The highest BCUT2D eigenvalue weighted by molar-refractivity contribution is 5.97. The molecule has 0 unspecified atom stereocenters. The number of aromatic nitrogens is 3. The number of aryl methyl sites for hydroxylation is 1. The van der Waals surface area contributed by atoms with Crippen LogP contribution in [0.15, 0.2) is 60.8 Å². The Bertz CT molecular complexity index is 1290. The van der Waals surface area contributed by atoms with E-state index >= 15 is 0 Å². The van der Waals surface area contributed by atoms with E-state index in [1.54, 1.807) is 12.3 Å². The molecule has 0 saturated heterocycles. The lowest BCUT2D eigenvalue weighted by Gasteiger charge is -2.10. The van der Waals surface area contributed by atoms with Crippen LogP contribution in [-0.2, 0) is 11.3 Å². The SMILES string of the molecule is COC(=O)c1ccccc1-c1ccc(Cn2c(C3CC3)nc3c(C)cc[n+]([O-])c32)cc1. The predicted molar refractivity (Wildman–Crippen MR) is 118 cm³/mol. The molecule has 4 aromatic rings. The summed E-state index contributed by atoms with van der Waals surface area (Å²) in [6.45, 7) is 2.57. The monoisotopic (exact) mass is 413 g/mol. The Labute approximate surface area is 180 Å². The van der Waals surface area contributed by atoms with Crippen molar-refractivity contribution in [2.24, 2.45) is 0 Å². The van der Waals surface area contributed by atoms with E-state index in [1.807, 2.05) is 55.5 Å². The van der Waals surface area contributed by atoms with Crippen molar-refractivity contribution in [1.29, 1.82) is 0 Å². The molecule has 0 radical (unpaired) electrons. The molecule has 0 N–H and O–H groups in total. The summed E-state index contributed by atoms with van der Waals surface area (Å²) in [7, 11) is 1.39. The molecule has 0 aliphatic heterocycles. The number of ether oxygens (including phenoxy) is 1. The third kappa shape index (κ3) is 3.44. The maximum Gasteiger partial charge on any atom is 0.338 e. The highest BCUT2D eigenvalue weighted by atomic mass is 16.5. The maximum atomic E-state index is 12.6. The Morgan fingerprint density at radius 3 is 2.61 bits per heavy atom. The minimum atomic E-state index is -0.353. The van der Waals surface area contributed by atoms with Gasteiger partial charge in [-0.3, -0.25) is 0 Å². The van der Waals surface area contributed by atoms with Crippen molar-refractivity contribution in [3.05, 3.63) is 88.5 Å². The molecule has 5 rings (SSSR count). The molecule has 1 saturated carbocycles. The lowest BCUT2D eigenvalue weighted by atomic mass is 9.98. The number of hydrogen-bond donors (Lipinski definition) is 0. The molecule has 0 spiro atoms. The van der Waals surface area contributed by atoms with Crippen molar-refractivity contribution >= 4 is 17.1 Å². The van der Waals surface area contributed by atoms with Gasteiger partial charge in [-0.25, -0.2) is 19.1 Å². The molecule has 2 aromatic carbocycles. The zero-order valence-corrected chi connectivity index (χ0v) is 17.5. The van der Waals surface area contributed by atoms with Gasteiger partial charge in [-0.1, -0.05) is 42.5 Å². The predicted octanol–water partition coefficient (Wildman–Crippen LogP) is 4.36. The van der Waals surface area contributed by atoms with Gasteiger partial charge in [-0.15, -0.1) is 0 Å².